The van der Waals surface area contributed by atoms with Crippen LogP contribution in [-0.2, 0) is 15.6 Å². The van der Waals surface area contributed by atoms with Crippen molar-refractivity contribution in [3.63, 3.8) is 0 Å². The van der Waals surface area contributed by atoms with Gasteiger partial charge in [-0.1, -0.05) is 54.6 Å². The summed E-state index contributed by atoms with van der Waals surface area (Å²) in [5.74, 6) is 0.313. The van der Waals surface area contributed by atoms with Crippen LogP contribution in [0.25, 0.3) is 0 Å². The minimum absolute atomic E-state index is 0.204. The summed E-state index contributed by atoms with van der Waals surface area (Å²) in [6, 6.07) is 23.7. The molecule has 3 aromatic rings. The molecule has 0 saturated heterocycles. The number of carbonyl (C=O) groups is 1. The second kappa shape index (κ2) is 12.0. The van der Waals surface area contributed by atoms with E-state index in [1.165, 1.54) is 0 Å². The standard InChI is InChI=1S/C29H35N3O5S/c1-21(33)22-9-8-12-25(19-22)32-38(35,36)31-24-15-17-29(18-16-24,23-10-4-3-5-11-23)20-30-28(34)26-13-6-7-14-27(26)37-2/h3-14,19,21,24,31-33H,15-18,20H2,1-2H3,(H,30,34)/t21?,24-,29-. The fourth-order valence-corrected chi connectivity index (χ4v) is 6.26. The van der Waals surface area contributed by atoms with Gasteiger partial charge in [0.1, 0.15) is 5.75 Å². The number of ether oxygens (including phenoxy) is 1. The zero-order valence-electron chi connectivity index (χ0n) is 21.7. The first-order valence-electron chi connectivity index (χ1n) is 12.8. The van der Waals surface area contributed by atoms with E-state index in [1.54, 1.807) is 56.5 Å². The number of nitrogens with one attached hydrogen (secondary N) is 3. The van der Waals surface area contributed by atoms with Crippen molar-refractivity contribution in [1.82, 2.24) is 10.0 Å². The molecule has 0 heterocycles. The van der Waals surface area contributed by atoms with Crippen LogP contribution in [0.5, 0.6) is 5.75 Å². The molecule has 0 bridgehead atoms. The Hall–Kier alpha value is -3.40. The summed E-state index contributed by atoms with van der Waals surface area (Å²) in [6.07, 6.45) is 1.95. The predicted octanol–water partition coefficient (Wildman–Crippen LogP) is 4.31. The van der Waals surface area contributed by atoms with Crippen LogP contribution in [0.2, 0.25) is 0 Å². The molecule has 0 spiro atoms. The number of carbonyl (C=O) groups excluding carboxylic acids is 1. The van der Waals surface area contributed by atoms with Gasteiger partial charge in [0, 0.05) is 18.0 Å². The highest BCUT2D eigenvalue weighted by Crippen LogP contribution is 2.39. The van der Waals surface area contributed by atoms with Gasteiger partial charge in [-0.15, -0.1) is 0 Å². The SMILES string of the molecule is COc1ccccc1C(=O)NC[C@]1(c2ccccc2)CC[C@H](NS(=O)(=O)Nc2cccc(C(C)O)c2)CC1. The molecule has 38 heavy (non-hydrogen) atoms. The molecule has 4 N–H and O–H groups in total. The van der Waals surface area contributed by atoms with Crippen molar-refractivity contribution < 1.29 is 23.1 Å². The zero-order chi connectivity index (χ0) is 27.2. The summed E-state index contributed by atoms with van der Waals surface area (Å²) in [6.45, 7) is 2.06. The largest absolute Gasteiger partial charge is 0.496 e. The van der Waals surface area contributed by atoms with E-state index in [2.05, 4.69) is 26.9 Å². The zero-order valence-corrected chi connectivity index (χ0v) is 22.5. The Kier molecular flexibility index (Phi) is 8.71. The summed E-state index contributed by atoms with van der Waals surface area (Å²) >= 11 is 0. The van der Waals surface area contributed by atoms with E-state index >= 15 is 0 Å². The Morgan fingerprint density at radius 3 is 2.39 bits per heavy atom. The van der Waals surface area contributed by atoms with Crippen LogP contribution < -0.4 is 19.5 Å². The van der Waals surface area contributed by atoms with Crippen molar-refractivity contribution in [2.75, 3.05) is 18.4 Å². The molecule has 1 amide bonds. The third-order valence-corrected chi connectivity index (χ3v) is 8.36. The summed E-state index contributed by atoms with van der Waals surface area (Å²) in [7, 11) is -2.27. The molecule has 4 rings (SSSR count). The monoisotopic (exact) mass is 537 g/mol. The first-order chi connectivity index (χ1) is 18.2. The molecule has 1 fully saturated rings. The van der Waals surface area contributed by atoms with Gasteiger partial charge in [-0.3, -0.25) is 9.52 Å². The first-order valence-corrected chi connectivity index (χ1v) is 14.2. The number of hydrogen-bond donors (Lipinski definition) is 4. The molecule has 1 unspecified atom stereocenters. The number of rotatable bonds is 10. The molecule has 1 aliphatic carbocycles. The molecule has 1 saturated carbocycles. The van der Waals surface area contributed by atoms with Gasteiger partial charge in [-0.25, -0.2) is 0 Å². The summed E-state index contributed by atoms with van der Waals surface area (Å²) in [5, 5.41) is 12.9. The fourth-order valence-electron chi connectivity index (χ4n) is 5.09. The lowest BCUT2D eigenvalue weighted by atomic mass is 9.68. The topological polar surface area (TPSA) is 117 Å². The van der Waals surface area contributed by atoms with Gasteiger partial charge in [-0.05, 0) is 68.0 Å². The van der Waals surface area contributed by atoms with Gasteiger partial charge in [0.05, 0.1) is 24.5 Å². The van der Waals surface area contributed by atoms with E-state index in [0.29, 0.717) is 54.8 Å². The van der Waals surface area contributed by atoms with Crippen molar-refractivity contribution in [2.45, 2.75) is 50.2 Å². The van der Waals surface area contributed by atoms with Crippen LogP contribution in [0.4, 0.5) is 5.69 Å². The molecule has 8 nitrogen and oxygen atoms in total. The van der Waals surface area contributed by atoms with Gasteiger partial charge in [0.25, 0.3) is 16.1 Å². The van der Waals surface area contributed by atoms with Gasteiger partial charge in [0.2, 0.25) is 0 Å². The Labute approximate surface area is 224 Å². The van der Waals surface area contributed by atoms with Crippen molar-refractivity contribution >= 4 is 21.8 Å². The number of hydrogen-bond acceptors (Lipinski definition) is 5. The molecule has 0 aliphatic heterocycles. The Bertz CT molecular complexity index is 1340. The Balaban J connectivity index is 1.43. The number of anilines is 1. The van der Waals surface area contributed by atoms with Crippen molar-refractivity contribution in [3.05, 3.63) is 95.6 Å². The number of aliphatic hydroxyl groups is 1. The average molecular weight is 538 g/mol. The Morgan fingerprint density at radius 2 is 1.71 bits per heavy atom. The second-order valence-electron chi connectivity index (χ2n) is 9.83. The van der Waals surface area contributed by atoms with E-state index in [0.717, 1.165) is 5.56 Å². The lowest BCUT2D eigenvalue weighted by molar-refractivity contribution is 0.0932. The van der Waals surface area contributed by atoms with Gasteiger partial charge < -0.3 is 15.2 Å². The highest BCUT2D eigenvalue weighted by atomic mass is 32.2. The highest BCUT2D eigenvalue weighted by Gasteiger charge is 2.38. The van der Waals surface area contributed by atoms with Crippen molar-refractivity contribution in [2.24, 2.45) is 0 Å². The van der Waals surface area contributed by atoms with Gasteiger partial charge in [-0.2, -0.15) is 13.1 Å². The maximum absolute atomic E-state index is 13.0. The molecule has 0 aromatic heterocycles. The molecular formula is C29H35N3O5S. The number of methoxy groups -OCH3 is 1. The second-order valence-corrected chi connectivity index (χ2v) is 11.3. The van der Waals surface area contributed by atoms with Gasteiger partial charge in [0.15, 0.2) is 0 Å². The summed E-state index contributed by atoms with van der Waals surface area (Å²) < 4.78 is 36.4. The maximum Gasteiger partial charge on any atom is 0.299 e. The predicted molar refractivity (Wildman–Crippen MR) is 148 cm³/mol. The van der Waals surface area contributed by atoms with E-state index in [4.69, 9.17) is 4.74 Å². The fraction of sp³-hybridized carbons (Fsp3) is 0.345. The molecular weight excluding hydrogens is 502 g/mol. The van der Waals surface area contributed by atoms with Gasteiger partial charge >= 0.3 is 0 Å². The first kappa shape index (κ1) is 27.6. The van der Waals surface area contributed by atoms with E-state index in [-0.39, 0.29) is 17.4 Å². The number of benzene rings is 3. The van der Waals surface area contributed by atoms with Crippen LogP contribution in [0.3, 0.4) is 0 Å². The van der Waals surface area contributed by atoms with Crippen LogP contribution in [-0.4, -0.2) is 39.1 Å². The lowest BCUT2D eigenvalue weighted by Gasteiger charge is -2.41. The number of aliphatic hydroxyl groups excluding tert-OH is 1. The summed E-state index contributed by atoms with van der Waals surface area (Å²) in [4.78, 5) is 13.0. The van der Waals surface area contributed by atoms with Crippen LogP contribution in [0.15, 0.2) is 78.9 Å². The Morgan fingerprint density at radius 1 is 1.03 bits per heavy atom. The number of amides is 1. The smallest absolute Gasteiger partial charge is 0.299 e. The molecule has 1 atom stereocenters. The van der Waals surface area contributed by atoms with E-state index in [1.807, 2.05) is 24.3 Å². The van der Waals surface area contributed by atoms with Crippen LogP contribution in [0.1, 0.15) is 60.2 Å². The highest BCUT2D eigenvalue weighted by molar-refractivity contribution is 7.90. The molecule has 1 aliphatic rings. The number of para-hydroxylation sites is 1. The van der Waals surface area contributed by atoms with E-state index < -0.39 is 16.3 Å². The normalized spacial score (nSPS) is 20.3. The van der Waals surface area contributed by atoms with Crippen LogP contribution >= 0.6 is 0 Å². The van der Waals surface area contributed by atoms with Crippen LogP contribution in [0, 0.1) is 0 Å². The minimum atomic E-state index is -3.81. The quantitative estimate of drug-likeness (QED) is 0.308. The minimum Gasteiger partial charge on any atom is -0.496 e. The third-order valence-electron chi connectivity index (χ3n) is 7.21. The lowest BCUT2D eigenvalue weighted by Crippen LogP contribution is -2.48. The molecule has 3 aromatic carbocycles. The molecule has 0 radical (unpaired) electrons. The van der Waals surface area contributed by atoms with Crippen molar-refractivity contribution in [1.29, 1.82) is 0 Å². The average Bonchev–Trinajstić information content (AvgIpc) is 2.92. The summed E-state index contributed by atoms with van der Waals surface area (Å²) in [5.41, 5.74) is 2.30. The molecule has 9 heteroatoms. The van der Waals surface area contributed by atoms with Crippen molar-refractivity contribution in [3.8, 4) is 5.75 Å². The third kappa shape index (κ3) is 6.72. The maximum atomic E-state index is 13.0. The molecule has 202 valence electrons. The van der Waals surface area contributed by atoms with E-state index in [9.17, 15) is 18.3 Å².